The van der Waals surface area contributed by atoms with E-state index in [1.165, 1.54) is 0 Å². The van der Waals surface area contributed by atoms with E-state index in [0.29, 0.717) is 19.8 Å². The second-order valence-electron chi connectivity index (χ2n) is 5.07. The number of benzene rings is 1. The first-order valence-electron chi connectivity index (χ1n) is 6.38. The summed E-state index contributed by atoms with van der Waals surface area (Å²) in [5.41, 5.74) is 7.94. The largest absolute Gasteiger partial charge is 0.497 e. The van der Waals surface area contributed by atoms with Crippen LogP contribution in [0.1, 0.15) is 5.56 Å². The van der Waals surface area contributed by atoms with Crippen LogP contribution in [0.5, 0.6) is 11.5 Å². The molecule has 0 spiro atoms. The lowest BCUT2D eigenvalue weighted by Crippen LogP contribution is -2.52. The molecule has 1 aromatic rings. The Morgan fingerprint density at radius 1 is 1.32 bits per heavy atom. The summed E-state index contributed by atoms with van der Waals surface area (Å²) in [4.78, 5) is 0. The van der Waals surface area contributed by atoms with Gasteiger partial charge in [-0.25, -0.2) is 0 Å². The van der Waals surface area contributed by atoms with Gasteiger partial charge in [0.2, 0.25) is 0 Å². The normalized spacial score (nSPS) is 16.6. The summed E-state index contributed by atoms with van der Waals surface area (Å²) < 4.78 is 15.9. The summed E-state index contributed by atoms with van der Waals surface area (Å²) in [5.74, 6) is 1.57. The van der Waals surface area contributed by atoms with E-state index in [1.54, 1.807) is 14.2 Å². The van der Waals surface area contributed by atoms with Gasteiger partial charge in [-0.15, -0.1) is 0 Å². The average Bonchev–Trinajstić information content (AvgIpc) is 2.38. The molecule has 0 aliphatic carbocycles. The third kappa shape index (κ3) is 2.77. The van der Waals surface area contributed by atoms with E-state index < -0.39 is 0 Å². The van der Waals surface area contributed by atoms with Gasteiger partial charge in [-0.1, -0.05) is 0 Å². The summed E-state index contributed by atoms with van der Waals surface area (Å²) in [5, 5.41) is 3.44. The Morgan fingerprint density at radius 2 is 2.05 bits per heavy atom. The van der Waals surface area contributed by atoms with E-state index in [1.807, 2.05) is 19.1 Å². The third-order valence-corrected chi connectivity index (χ3v) is 3.62. The number of aryl methyl sites for hydroxylation is 1. The van der Waals surface area contributed by atoms with Gasteiger partial charge in [-0.05, 0) is 18.6 Å². The van der Waals surface area contributed by atoms with Crippen molar-refractivity contribution in [3.05, 3.63) is 17.7 Å². The zero-order valence-corrected chi connectivity index (χ0v) is 11.8. The van der Waals surface area contributed by atoms with Crippen LogP contribution in [0.2, 0.25) is 0 Å². The van der Waals surface area contributed by atoms with Crippen LogP contribution in [0.15, 0.2) is 12.1 Å². The Kier molecular flexibility index (Phi) is 4.17. The molecule has 0 atom stereocenters. The van der Waals surface area contributed by atoms with Gasteiger partial charge in [0.25, 0.3) is 0 Å². The van der Waals surface area contributed by atoms with Crippen LogP contribution < -0.4 is 20.5 Å². The van der Waals surface area contributed by atoms with Crippen LogP contribution >= 0.6 is 0 Å². The molecule has 1 heterocycles. The third-order valence-electron chi connectivity index (χ3n) is 3.62. The Morgan fingerprint density at radius 3 is 2.53 bits per heavy atom. The number of nitrogens with one attached hydrogen (secondary N) is 1. The highest BCUT2D eigenvalue weighted by Crippen LogP contribution is 2.35. The molecule has 0 saturated carbocycles. The van der Waals surface area contributed by atoms with Crippen LogP contribution in [0.3, 0.4) is 0 Å². The predicted octanol–water partition coefficient (Wildman–Crippen LogP) is 1.40. The molecule has 0 bridgehead atoms. The molecule has 1 aliphatic rings. The minimum Gasteiger partial charge on any atom is -0.497 e. The maximum absolute atomic E-state index is 5.82. The molecule has 1 fully saturated rings. The van der Waals surface area contributed by atoms with Crippen LogP contribution in [-0.4, -0.2) is 40.5 Å². The van der Waals surface area contributed by atoms with Crippen molar-refractivity contribution in [1.29, 1.82) is 0 Å². The first-order chi connectivity index (χ1) is 9.14. The van der Waals surface area contributed by atoms with Crippen molar-refractivity contribution in [3.63, 3.8) is 0 Å². The molecule has 0 aromatic heterocycles. The molecule has 0 radical (unpaired) electrons. The Bertz CT molecular complexity index is 439. The lowest BCUT2D eigenvalue weighted by Gasteiger charge is -2.41. The minimum atomic E-state index is 0.0530. The van der Waals surface area contributed by atoms with E-state index in [0.717, 1.165) is 29.3 Å². The van der Waals surface area contributed by atoms with Crippen molar-refractivity contribution >= 4 is 5.69 Å². The van der Waals surface area contributed by atoms with Gasteiger partial charge < -0.3 is 25.3 Å². The van der Waals surface area contributed by atoms with E-state index in [-0.39, 0.29) is 5.41 Å². The molecular formula is C14H22N2O3. The number of rotatable bonds is 6. The van der Waals surface area contributed by atoms with Crippen molar-refractivity contribution in [1.82, 2.24) is 0 Å². The van der Waals surface area contributed by atoms with E-state index in [2.05, 4.69) is 5.32 Å². The number of hydrogen-bond acceptors (Lipinski definition) is 5. The van der Waals surface area contributed by atoms with E-state index >= 15 is 0 Å². The van der Waals surface area contributed by atoms with Crippen molar-refractivity contribution in [2.24, 2.45) is 11.1 Å². The molecule has 0 amide bonds. The summed E-state index contributed by atoms with van der Waals surface area (Å²) >= 11 is 0. The van der Waals surface area contributed by atoms with Crippen LogP contribution in [0.25, 0.3) is 0 Å². The number of ether oxygens (including phenoxy) is 3. The minimum absolute atomic E-state index is 0.0530. The van der Waals surface area contributed by atoms with Gasteiger partial charge in [0, 0.05) is 24.6 Å². The first kappa shape index (κ1) is 14.0. The molecular weight excluding hydrogens is 244 g/mol. The van der Waals surface area contributed by atoms with Gasteiger partial charge in [0.05, 0.1) is 33.1 Å². The maximum Gasteiger partial charge on any atom is 0.145 e. The summed E-state index contributed by atoms with van der Waals surface area (Å²) in [6.45, 7) is 4.87. The lowest BCUT2D eigenvalue weighted by molar-refractivity contribution is -0.0979. The van der Waals surface area contributed by atoms with Gasteiger partial charge in [0.15, 0.2) is 0 Å². The second-order valence-corrected chi connectivity index (χ2v) is 5.07. The van der Waals surface area contributed by atoms with Crippen LogP contribution in [-0.2, 0) is 4.74 Å². The van der Waals surface area contributed by atoms with Gasteiger partial charge in [-0.2, -0.15) is 0 Å². The van der Waals surface area contributed by atoms with Crippen molar-refractivity contribution < 1.29 is 14.2 Å². The van der Waals surface area contributed by atoms with E-state index in [9.17, 15) is 0 Å². The highest BCUT2D eigenvalue weighted by atomic mass is 16.5. The molecule has 5 heteroatoms. The van der Waals surface area contributed by atoms with Crippen LogP contribution in [0, 0.1) is 12.3 Å². The molecule has 1 saturated heterocycles. The zero-order chi connectivity index (χ0) is 13.9. The monoisotopic (exact) mass is 266 g/mol. The summed E-state index contributed by atoms with van der Waals surface area (Å²) in [6, 6.07) is 3.86. The second kappa shape index (κ2) is 5.67. The Hall–Kier alpha value is -1.46. The number of anilines is 1. The molecule has 19 heavy (non-hydrogen) atoms. The fourth-order valence-corrected chi connectivity index (χ4v) is 2.19. The molecule has 3 N–H and O–H groups in total. The maximum atomic E-state index is 5.82. The number of hydrogen-bond donors (Lipinski definition) is 2. The lowest BCUT2D eigenvalue weighted by atomic mass is 9.86. The SMILES string of the molecule is COc1cc(C)c(NCC2(CN)COC2)c(OC)c1. The van der Waals surface area contributed by atoms with Crippen molar-refractivity contribution in [2.45, 2.75) is 6.92 Å². The molecule has 1 aliphatic heterocycles. The van der Waals surface area contributed by atoms with Crippen molar-refractivity contribution in [2.75, 3.05) is 45.8 Å². The van der Waals surface area contributed by atoms with Gasteiger partial charge in [0.1, 0.15) is 11.5 Å². The fraction of sp³-hybridized carbons (Fsp3) is 0.571. The fourth-order valence-electron chi connectivity index (χ4n) is 2.19. The highest BCUT2D eigenvalue weighted by Gasteiger charge is 2.37. The molecule has 2 rings (SSSR count). The number of nitrogens with two attached hydrogens (primary N) is 1. The molecule has 106 valence electrons. The van der Waals surface area contributed by atoms with E-state index in [4.69, 9.17) is 19.9 Å². The molecule has 5 nitrogen and oxygen atoms in total. The summed E-state index contributed by atoms with van der Waals surface area (Å²) in [6.07, 6.45) is 0. The topological polar surface area (TPSA) is 65.7 Å². The van der Waals surface area contributed by atoms with Gasteiger partial charge in [-0.3, -0.25) is 0 Å². The Labute approximate surface area is 114 Å². The predicted molar refractivity (Wildman–Crippen MR) is 75.1 cm³/mol. The van der Waals surface area contributed by atoms with Crippen molar-refractivity contribution in [3.8, 4) is 11.5 Å². The quantitative estimate of drug-likeness (QED) is 0.814. The zero-order valence-electron chi connectivity index (χ0n) is 11.8. The average molecular weight is 266 g/mol. The molecule has 1 aromatic carbocycles. The summed E-state index contributed by atoms with van der Waals surface area (Å²) in [7, 11) is 3.31. The smallest absolute Gasteiger partial charge is 0.145 e. The Balaban J connectivity index is 2.15. The number of methoxy groups -OCH3 is 2. The van der Waals surface area contributed by atoms with Crippen LogP contribution in [0.4, 0.5) is 5.69 Å². The standard InChI is InChI=1S/C14H22N2O3/c1-10-4-11(17-2)5-12(18-3)13(10)16-7-14(6-15)8-19-9-14/h4-5,16H,6-9,15H2,1-3H3. The van der Waals surface area contributed by atoms with Gasteiger partial charge >= 0.3 is 0 Å². The molecule has 0 unspecified atom stereocenters. The first-order valence-corrected chi connectivity index (χ1v) is 6.38. The highest BCUT2D eigenvalue weighted by molar-refractivity contribution is 5.64.